The molecule has 1 aliphatic rings. The molecule has 0 bridgehead atoms. The molecule has 1 fully saturated rings. The van der Waals surface area contributed by atoms with Crippen molar-refractivity contribution in [1.29, 1.82) is 0 Å². The van der Waals surface area contributed by atoms with Gasteiger partial charge >= 0.3 is 0 Å². The molecule has 23 heavy (non-hydrogen) atoms. The Hall–Kier alpha value is -2.15. The van der Waals surface area contributed by atoms with Crippen LogP contribution in [0, 0.1) is 13.8 Å². The van der Waals surface area contributed by atoms with Gasteiger partial charge in [-0.3, -0.25) is 14.6 Å². The molecule has 0 radical (unpaired) electrons. The largest absolute Gasteiger partial charge is 0.336 e. The van der Waals surface area contributed by atoms with Crippen molar-refractivity contribution in [3.8, 4) is 11.3 Å². The van der Waals surface area contributed by atoms with Crippen LogP contribution in [0.1, 0.15) is 34.7 Å². The minimum absolute atomic E-state index is 0.0166. The van der Waals surface area contributed by atoms with Crippen molar-refractivity contribution in [2.45, 2.75) is 32.7 Å². The fourth-order valence-corrected chi connectivity index (χ4v) is 3.27. The lowest BCUT2D eigenvalue weighted by Gasteiger charge is -2.32. The number of hydrogen-bond acceptors (Lipinski definition) is 4. The van der Waals surface area contributed by atoms with E-state index >= 15 is 0 Å². The van der Waals surface area contributed by atoms with Gasteiger partial charge in [-0.15, -0.1) is 0 Å². The van der Waals surface area contributed by atoms with Gasteiger partial charge in [-0.1, -0.05) is 0 Å². The molecule has 3 heterocycles. The van der Waals surface area contributed by atoms with Crippen LogP contribution in [-0.2, 0) is 7.05 Å². The van der Waals surface area contributed by atoms with Crippen molar-refractivity contribution >= 4 is 5.91 Å². The van der Waals surface area contributed by atoms with Crippen LogP contribution in [0.3, 0.4) is 0 Å². The maximum absolute atomic E-state index is 12.7. The first-order valence-electron chi connectivity index (χ1n) is 8.03. The van der Waals surface area contributed by atoms with E-state index in [0.29, 0.717) is 11.7 Å². The minimum atomic E-state index is 0.0166. The number of aromatic nitrogens is 4. The Bertz CT molecular complexity index is 716. The van der Waals surface area contributed by atoms with Gasteiger partial charge in [0.25, 0.3) is 5.91 Å². The van der Waals surface area contributed by atoms with E-state index in [2.05, 4.69) is 20.6 Å². The maximum atomic E-state index is 12.7. The monoisotopic (exact) mass is 316 g/mol. The molecule has 7 heteroatoms. The number of nitrogens with zero attached hydrogens (tertiary/aromatic N) is 4. The zero-order valence-electron chi connectivity index (χ0n) is 14.2. The fourth-order valence-electron chi connectivity index (χ4n) is 3.27. The zero-order chi connectivity index (χ0) is 16.6. The van der Waals surface area contributed by atoms with Gasteiger partial charge in [0.05, 0.1) is 11.4 Å². The average Bonchev–Trinajstić information content (AvgIpc) is 3.12. The van der Waals surface area contributed by atoms with Crippen LogP contribution in [0.5, 0.6) is 0 Å². The molecular formula is C16H24N6O. The number of likely N-dealkylation sites (N-methyl/N-ethyl adjacent to an activating group) is 1. The molecule has 0 aliphatic carbocycles. The summed E-state index contributed by atoms with van der Waals surface area (Å²) < 4.78 is 1.84. The van der Waals surface area contributed by atoms with Crippen molar-refractivity contribution in [3.05, 3.63) is 23.1 Å². The second-order valence-electron chi connectivity index (χ2n) is 6.22. The highest BCUT2D eigenvalue weighted by molar-refractivity contribution is 5.93. The zero-order valence-corrected chi connectivity index (χ0v) is 14.2. The fraction of sp³-hybridized carbons (Fsp3) is 0.562. The molecule has 124 valence electrons. The van der Waals surface area contributed by atoms with Gasteiger partial charge < -0.3 is 10.2 Å². The number of piperidine rings is 1. The molecule has 3 rings (SSSR count). The molecule has 1 saturated heterocycles. The number of carbonyl (C=O) groups excluding carboxylic acids is 1. The molecule has 2 aromatic heterocycles. The number of aromatic amines is 1. The van der Waals surface area contributed by atoms with E-state index in [4.69, 9.17) is 0 Å². The Morgan fingerprint density at radius 3 is 2.87 bits per heavy atom. The van der Waals surface area contributed by atoms with Crippen molar-refractivity contribution in [1.82, 2.24) is 30.2 Å². The molecule has 1 aliphatic heterocycles. The number of H-pyrrole nitrogens is 1. The molecule has 0 spiro atoms. The van der Waals surface area contributed by atoms with E-state index < -0.39 is 0 Å². The van der Waals surface area contributed by atoms with Gasteiger partial charge in [-0.05, 0) is 39.8 Å². The van der Waals surface area contributed by atoms with Crippen LogP contribution in [0.25, 0.3) is 11.3 Å². The van der Waals surface area contributed by atoms with Crippen molar-refractivity contribution < 1.29 is 4.79 Å². The molecule has 2 aromatic rings. The third-order valence-corrected chi connectivity index (χ3v) is 4.69. The Morgan fingerprint density at radius 2 is 2.22 bits per heavy atom. The van der Waals surface area contributed by atoms with Crippen LogP contribution >= 0.6 is 0 Å². The van der Waals surface area contributed by atoms with Crippen molar-refractivity contribution in [2.24, 2.45) is 7.05 Å². The van der Waals surface area contributed by atoms with Gasteiger partial charge in [-0.25, -0.2) is 0 Å². The van der Waals surface area contributed by atoms with E-state index in [0.717, 1.165) is 48.6 Å². The quantitative estimate of drug-likeness (QED) is 0.893. The van der Waals surface area contributed by atoms with Crippen molar-refractivity contribution in [3.63, 3.8) is 0 Å². The van der Waals surface area contributed by atoms with Crippen LogP contribution in [0.4, 0.5) is 0 Å². The third-order valence-electron chi connectivity index (χ3n) is 4.69. The maximum Gasteiger partial charge on any atom is 0.271 e. The summed E-state index contributed by atoms with van der Waals surface area (Å²) in [5.74, 6) is 0.0166. The first kappa shape index (κ1) is 15.7. The first-order valence-corrected chi connectivity index (χ1v) is 8.03. The summed E-state index contributed by atoms with van der Waals surface area (Å²) >= 11 is 0. The van der Waals surface area contributed by atoms with E-state index in [1.807, 2.05) is 43.6 Å². The topological polar surface area (TPSA) is 78.8 Å². The Labute approximate surface area is 136 Å². The molecular weight excluding hydrogens is 292 g/mol. The molecule has 2 N–H and O–H groups in total. The van der Waals surface area contributed by atoms with Gasteiger partial charge in [0, 0.05) is 37.4 Å². The number of likely N-dealkylation sites (tertiary alicyclic amines) is 1. The second-order valence-corrected chi connectivity index (χ2v) is 6.22. The normalized spacial score (nSPS) is 18.4. The lowest BCUT2D eigenvalue weighted by atomic mass is 10.1. The third kappa shape index (κ3) is 2.88. The summed E-state index contributed by atoms with van der Waals surface area (Å²) in [5, 5.41) is 14.9. The number of carbonyl (C=O) groups is 1. The van der Waals surface area contributed by atoms with Gasteiger partial charge in [0.2, 0.25) is 0 Å². The summed E-state index contributed by atoms with van der Waals surface area (Å²) in [5.41, 5.74) is 4.28. The lowest BCUT2D eigenvalue weighted by Crippen LogP contribution is -2.47. The molecule has 1 atom stereocenters. The summed E-state index contributed by atoms with van der Waals surface area (Å²) in [6.45, 7) is 5.51. The number of hydrogen-bond donors (Lipinski definition) is 2. The van der Waals surface area contributed by atoms with E-state index in [9.17, 15) is 4.79 Å². The van der Waals surface area contributed by atoms with E-state index in [1.165, 1.54) is 0 Å². The van der Waals surface area contributed by atoms with Crippen LogP contribution in [0.15, 0.2) is 6.07 Å². The Morgan fingerprint density at radius 1 is 1.43 bits per heavy atom. The van der Waals surface area contributed by atoms with Crippen LogP contribution in [0.2, 0.25) is 0 Å². The minimum Gasteiger partial charge on any atom is -0.336 e. The number of amides is 1. The van der Waals surface area contributed by atoms with E-state index in [1.54, 1.807) is 0 Å². The predicted molar refractivity (Wildman–Crippen MR) is 88.2 cm³/mol. The van der Waals surface area contributed by atoms with Crippen molar-refractivity contribution in [2.75, 3.05) is 20.1 Å². The molecule has 0 aromatic carbocycles. The predicted octanol–water partition coefficient (Wildman–Crippen LogP) is 1.25. The summed E-state index contributed by atoms with van der Waals surface area (Å²) in [6.07, 6.45) is 2.14. The first-order chi connectivity index (χ1) is 11.0. The van der Waals surface area contributed by atoms with Crippen LogP contribution in [-0.4, -0.2) is 57.0 Å². The highest BCUT2D eigenvalue weighted by atomic mass is 16.2. The molecule has 7 nitrogen and oxygen atoms in total. The summed E-state index contributed by atoms with van der Waals surface area (Å²) in [6, 6.07) is 2.21. The molecule has 0 unspecified atom stereocenters. The van der Waals surface area contributed by atoms with Crippen LogP contribution < -0.4 is 5.32 Å². The lowest BCUT2D eigenvalue weighted by molar-refractivity contribution is 0.0692. The molecule has 1 amide bonds. The Kier molecular flexibility index (Phi) is 4.21. The number of nitrogens with one attached hydrogen (secondary N) is 2. The number of rotatable bonds is 3. The standard InChI is InChI=1S/C16H24N6O/c1-10-15(11(2)21(4)20-10)13-8-14(19-18-13)16(23)22-7-5-6-12(9-22)17-3/h8,12,17H,5-7,9H2,1-4H3,(H,18,19)/t12-/m1/s1. The summed E-state index contributed by atoms with van der Waals surface area (Å²) in [7, 11) is 3.86. The smallest absolute Gasteiger partial charge is 0.271 e. The van der Waals surface area contributed by atoms with Gasteiger partial charge in [-0.2, -0.15) is 10.2 Å². The highest BCUT2D eigenvalue weighted by Crippen LogP contribution is 2.25. The highest BCUT2D eigenvalue weighted by Gasteiger charge is 2.25. The van der Waals surface area contributed by atoms with Gasteiger partial charge in [0.1, 0.15) is 5.69 Å². The van der Waals surface area contributed by atoms with Gasteiger partial charge in [0.15, 0.2) is 0 Å². The average molecular weight is 316 g/mol. The second kappa shape index (κ2) is 6.16. The van der Waals surface area contributed by atoms with E-state index in [-0.39, 0.29) is 5.91 Å². The Balaban J connectivity index is 1.83. The number of aryl methyl sites for hydroxylation is 2. The molecule has 0 saturated carbocycles. The SMILES string of the molecule is CN[C@@H]1CCCN(C(=O)c2cc(-c3c(C)nn(C)c3C)n[nH]2)C1. The summed E-state index contributed by atoms with van der Waals surface area (Å²) in [4.78, 5) is 14.6.